The molecule has 1 fully saturated rings. The molecule has 0 aromatic heterocycles. The molecule has 0 saturated carbocycles. The predicted molar refractivity (Wildman–Crippen MR) is 77.9 cm³/mol. The SMILES string of the molecule is Cl.NC1CCCN(C(=O)Cc2ccc(OC(F)(F)F)cc2)C1. The number of likely N-dealkylation sites (tertiary alicyclic amines) is 1. The van der Waals surface area contributed by atoms with Crippen molar-refractivity contribution in [1.82, 2.24) is 4.90 Å². The third-order valence-electron chi connectivity index (χ3n) is 3.32. The maximum atomic E-state index is 12.1. The lowest BCUT2D eigenvalue weighted by Crippen LogP contribution is -2.46. The first-order valence-corrected chi connectivity index (χ1v) is 6.71. The lowest BCUT2D eigenvalue weighted by atomic mass is 10.1. The average molecular weight is 339 g/mol. The van der Waals surface area contributed by atoms with Crippen molar-refractivity contribution >= 4 is 18.3 Å². The summed E-state index contributed by atoms with van der Waals surface area (Å²) in [6, 6.07) is 5.34. The summed E-state index contributed by atoms with van der Waals surface area (Å²) >= 11 is 0. The molecule has 1 aliphatic rings. The fraction of sp³-hybridized carbons (Fsp3) is 0.500. The number of alkyl halides is 3. The van der Waals surface area contributed by atoms with Gasteiger partial charge in [0.2, 0.25) is 5.91 Å². The van der Waals surface area contributed by atoms with Crippen LogP contribution in [0.5, 0.6) is 5.75 Å². The lowest BCUT2D eigenvalue weighted by molar-refractivity contribution is -0.274. The van der Waals surface area contributed by atoms with Crippen molar-refractivity contribution in [3.63, 3.8) is 0 Å². The van der Waals surface area contributed by atoms with E-state index in [1.807, 2.05) is 0 Å². The van der Waals surface area contributed by atoms with Crippen molar-refractivity contribution in [2.45, 2.75) is 31.7 Å². The summed E-state index contributed by atoms with van der Waals surface area (Å²) < 4.78 is 39.9. The Balaban J connectivity index is 0.00000242. The molecule has 1 atom stereocenters. The second-order valence-electron chi connectivity index (χ2n) is 5.11. The first kappa shape index (κ1) is 18.6. The Hall–Kier alpha value is -1.47. The summed E-state index contributed by atoms with van der Waals surface area (Å²) in [6.07, 6.45) is -2.77. The maximum absolute atomic E-state index is 12.1. The normalized spacial score (nSPS) is 18.5. The Bertz CT molecular complexity index is 494. The molecular weight excluding hydrogens is 321 g/mol. The van der Waals surface area contributed by atoms with Crippen LogP contribution >= 0.6 is 12.4 Å². The number of rotatable bonds is 3. The van der Waals surface area contributed by atoms with Gasteiger partial charge in [0.1, 0.15) is 5.75 Å². The molecular formula is C14H18ClF3N2O2. The molecule has 0 radical (unpaired) electrons. The molecule has 0 aliphatic carbocycles. The number of hydrogen-bond donors (Lipinski definition) is 1. The summed E-state index contributed by atoms with van der Waals surface area (Å²) in [5.41, 5.74) is 6.46. The smallest absolute Gasteiger partial charge is 0.406 e. The van der Waals surface area contributed by atoms with Crippen LogP contribution in [0.1, 0.15) is 18.4 Å². The first-order valence-electron chi connectivity index (χ1n) is 6.71. The lowest BCUT2D eigenvalue weighted by Gasteiger charge is -2.30. The van der Waals surface area contributed by atoms with Crippen molar-refractivity contribution in [1.29, 1.82) is 0 Å². The van der Waals surface area contributed by atoms with Crippen molar-refractivity contribution in [2.75, 3.05) is 13.1 Å². The second kappa shape index (κ2) is 7.69. The van der Waals surface area contributed by atoms with Gasteiger partial charge < -0.3 is 15.4 Å². The Kier molecular flexibility index (Phi) is 6.49. The Labute approximate surface area is 132 Å². The summed E-state index contributed by atoms with van der Waals surface area (Å²) in [5.74, 6) is -0.353. The van der Waals surface area contributed by atoms with E-state index in [2.05, 4.69) is 4.74 Å². The zero-order valence-corrected chi connectivity index (χ0v) is 12.6. The van der Waals surface area contributed by atoms with E-state index in [4.69, 9.17) is 5.73 Å². The van der Waals surface area contributed by atoms with Gasteiger partial charge in [-0.1, -0.05) is 12.1 Å². The molecule has 2 N–H and O–H groups in total. The van der Waals surface area contributed by atoms with E-state index in [1.54, 1.807) is 4.90 Å². The quantitative estimate of drug-likeness (QED) is 0.921. The van der Waals surface area contributed by atoms with Gasteiger partial charge in [0, 0.05) is 19.1 Å². The van der Waals surface area contributed by atoms with Gasteiger partial charge in [0.05, 0.1) is 6.42 Å². The van der Waals surface area contributed by atoms with Crippen molar-refractivity contribution in [3.8, 4) is 5.75 Å². The van der Waals surface area contributed by atoms with Gasteiger partial charge in [0.15, 0.2) is 0 Å². The predicted octanol–water partition coefficient (Wildman–Crippen LogP) is 2.50. The number of nitrogens with zero attached hydrogens (tertiary/aromatic N) is 1. The van der Waals surface area contributed by atoms with E-state index in [0.717, 1.165) is 12.8 Å². The highest BCUT2D eigenvalue weighted by atomic mass is 35.5. The topological polar surface area (TPSA) is 55.6 Å². The number of carbonyl (C=O) groups is 1. The number of piperidine rings is 1. The average Bonchev–Trinajstić information content (AvgIpc) is 2.39. The van der Waals surface area contributed by atoms with Crippen LogP contribution < -0.4 is 10.5 Å². The molecule has 1 saturated heterocycles. The summed E-state index contributed by atoms with van der Waals surface area (Å²) in [5, 5.41) is 0. The van der Waals surface area contributed by atoms with Crippen LogP contribution in [-0.2, 0) is 11.2 Å². The molecule has 0 bridgehead atoms. The molecule has 4 nitrogen and oxygen atoms in total. The van der Waals surface area contributed by atoms with Gasteiger partial charge in [-0.3, -0.25) is 4.79 Å². The molecule has 1 heterocycles. The molecule has 1 aromatic carbocycles. The third kappa shape index (κ3) is 5.73. The van der Waals surface area contributed by atoms with E-state index in [9.17, 15) is 18.0 Å². The molecule has 0 spiro atoms. The molecule has 1 aliphatic heterocycles. The first-order chi connectivity index (χ1) is 9.83. The maximum Gasteiger partial charge on any atom is 0.573 e. The largest absolute Gasteiger partial charge is 0.573 e. The summed E-state index contributed by atoms with van der Waals surface area (Å²) in [6.45, 7) is 1.22. The highest BCUT2D eigenvalue weighted by molar-refractivity contribution is 5.85. The van der Waals surface area contributed by atoms with Gasteiger partial charge >= 0.3 is 6.36 Å². The van der Waals surface area contributed by atoms with Crippen LogP contribution in [0.25, 0.3) is 0 Å². The van der Waals surface area contributed by atoms with E-state index in [0.29, 0.717) is 18.7 Å². The van der Waals surface area contributed by atoms with Crippen molar-refractivity contribution in [2.24, 2.45) is 5.73 Å². The van der Waals surface area contributed by atoms with Crippen LogP contribution in [0, 0.1) is 0 Å². The molecule has 8 heteroatoms. The van der Waals surface area contributed by atoms with Crippen molar-refractivity contribution in [3.05, 3.63) is 29.8 Å². The number of halogens is 4. The zero-order valence-electron chi connectivity index (χ0n) is 11.8. The van der Waals surface area contributed by atoms with Crippen LogP contribution in [0.15, 0.2) is 24.3 Å². The van der Waals surface area contributed by atoms with Gasteiger partial charge in [-0.2, -0.15) is 0 Å². The molecule has 1 unspecified atom stereocenters. The van der Waals surface area contributed by atoms with E-state index in [-0.39, 0.29) is 36.5 Å². The Morgan fingerprint density at radius 3 is 2.50 bits per heavy atom. The fourth-order valence-electron chi connectivity index (χ4n) is 2.33. The van der Waals surface area contributed by atoms with Crippen LogP contribution in [0.4, 0.5) is 13.2 Å². The summed E-state index contributed by atoms with van der Waals surface area (Å²) in [7, 11) is 0. The summed E-state index contributed by atoms with van der Waals surface area (Å²) in [4.78, 5) is 13.8. The third-order valence-corrected chi connectivity index (χ3v) is 3.32. The van der Waals surface area contributed by atoms with Crippen LogP contribution in [-0.4, -0.2) is 36.3 Å². The molecule has 124 valence electrons. The minimum Gasteiger partial charge on any atom is -0.406 e. The van der Waals surface area contributed by atoms with E-state index < -0.39 is 6.36 Å². The minimum atomic E-state index is -4.71. The van der Waals surface area contributed by atoms with E-state index >= 15 is 0 Å². The fourth-order valence-corrected chi connectivity index (χ4v) is 2.33. The number of carbonyl (C=O) groups excluding carboxylic acids is 1. The van der Waals surface area contributed by atoms with Gasteiger partial charge in [-0.25, -0.2) is 0 Å². The monoisotopic (exact) mass is 338 g/mol. The van der Waals surface area contributed by atoms with E-state index in [1.165, 1.54) is 24.3 Å². The number of benzene rings is 1. The van der Waals surface area contributed by atoms with Crippen LogP contribution in [0.3, 0.4) is 0 Å². The molecule has 2 rings (SSSR count). The number of amides is 1. The van der Waals surface area contributed by atoms with Gasteiger partial charge in [-0.05, 0) is 30.5 Å². The second-order valence-corrected chi connectivity index (χ2v) is 5.11. The van der Waals surface area contributed by atoms with Gasteiger partial charge in [0.25, 0.3) is 0 Å². The minimum absolute atomic E-state index is 0. The molecule has 1 amide bonds. The Morgan fingerprint density at radius 1 is 1.32 bits per heavy atom. The highest BCUT2D eigenvalue weighted by Crippen LogP contribution is 2.23. The molecule has 1 aromatic rings. The number of ether oxygens (including phenoxy) is 1. The highest BCUT2D eigenvalue weighted by Gasteiger charge is 2.31. The number of hydrogen-bond acceptors (Lipinski definition) is 3. The Morgan fingerprint density at radius 2 is 1.95 bits per heavy atom. The molecule has 22 heavy (non-hydrogen) atoms. The zero-order chi connectivity index (χ0) is 15.5. The van der Waals surface area contributed by atoms with Crippen molar-refractivity contribution < 1.29 is 22.7 Å². The van der Waals surface area contributed by atoms with Crippen LogP contribution in [0.2, 0.25) is 0 Å². The van der Waals surface area contributed by atoms with Gasteiger partial charge in [-0.15, -0.1) is 25.6 Å². The standard InChI is InChI=1S/C14H17F3N2O2.ClH/c15-14(16,17)21-12-5-3-10(4-6-12)8-13(20)19-7-1-2-11(18)9-19;/h3-6,11H,1-2,7-9,18H2;1H. The number of nitrogens with two attached hydrogens (primary N) is 1.